The van der Waals surface area contributed by atoms with Crippen LogP contribution in [0.25, 0.3) is 0 Å². The Labute approximate surface area is 51.4 Å². The molecule has 3 N–H and O–H groups in total. The molecule has 0 unspecified atom stereocenters. The van der Waals surface area contributed by atoms with E-state index in [0.717, 1.165) is 0 Å². The molecule has 0 amide bonds. The Morgan fingerprint density at radius 2 is 1.50 bits per heavy atom. The molecule has 0 saturated heterocycles. The van der Waals surface area contributed by atoms with Gasteiger partial charge in [0.2, 0.25) is 0 Å². The van der Waals surface area contributed by atoms with Gasteiger partial charge in [-0.15, -0.1) is 0 Å². The first-order valence-electron chi connectivity index (χ1n) is 1.15. The molecule has 8 heavy (non-hydrogen) atoms. The van der Waals surface area contributed by atoms with Gasteiger partial charge in [0.15, 0.2) is 0 Å². The lowest BCUT2D eigenvalue weighted by atomic mass is 11.8. The fraction of sp³-hybridized carbons (Fsp3) is 0. The van der Waals surface area contributed by atoms with Gasteiger partial charge in [0, 0.05) is 0 Å². The smallest absolute Gasteiger partial charge is 0.264 e. The Balaban J connectivity index is 0. The second-order valence-corrected chi connectivity index (χ2v) is 1.65. The van der Waals surface area contributed by atoms with Gasteiger partial charge >= 0.3 is 10.4 Å². The van der Waals surface area contributed by atoms with Crippen molar-refractivity contribution >= 4 is 27.8 Å². The van der Waals surface area contributed by atoms with Crippen LogP contribution in [-0.4, -0.2) is 22.7 Å². The Morgan fingerprint density at radius 1 is 1.50 bits per heavy atom. The predicted octanol–water partition coefficient (Wildman–Crippen LogP) is 0.0152. The van der Waals surface area contributed by atoms with E-state index in [2.05, 4.69) is 12.2 Å². The molecular weight excluding hydrogens is 154 g/mol. The van der Waals surface area contributed by atoms with Gasteiger partial charge < -0.3 is 0 Å². The number of rotatable bonds is 0. The average molecular weight is 157 g/mol. The van der Waals surface area contributed by atoms with Crippen molar-refractivity contribution in [3.8, 4) is 0 Å². The summed E-state index contributed by atoms with van der Waals surface area (Å²) < 4.78 is 31.6. The molecule has 0 aromatic carbocycles. The first kappa shape index (κ1) is 10.6. The zero-order valence-corrected chi connectivity index (χ0v) is 5.16. The summed E-state index contributed by atoms with van der Waals surface area (Å²) in [4.78, 5) is 0. The van der Waals surface area contributed by atoms with Crippen molar-refractivity contribution < 1.29 is 17.5 Å². The number of thiocarbonyl (C=S) groups is 1. The number of hydrogen-bond donors (Lipinski definition) is 3. The third kappa shape index (κ3) is 1140. The van der Waals surface area contributed by atoms with Crippen LogP contribution >= 0.6 is 12.2 Å². The van der Waals surface area contributed by atoms with E-state index in [4.69, 9.17) is 22.9 Å². The third-order valence-electron chi connectivity index (χ3n) is 0. The summed E-state index contributed by atoms with van der Waals surface area (Å²) >= 11 is 3.81. The fourth-order valence-corrected chi connectivity index (χ4v) is 0. The molecule has 0 fully saturated rings. The molecule has 0 heterocycles. The maximum Gasteiger partial charge on any atom is 0.394 e. The van der Waals surface area contributed by atoms with Gasteiger partial charge in [-0.25, -0.2) is 5.41 Å². The van der Waals surface area contributed by atoms with E-state index in [1.165, 1.54) is 0 Å². The van der Waals surface area contributed by atoms with Gasteiger partial charge in [0.05, 0.1) is 5.16 Å². The zero-order chi connectivity index (χ0) is 7.21. The summed E-state index contributed by atoms with van der Waals surface area (Å²) in [6.45, 7) is 0. The normalized spacial score (nSPS) is 8.25. The minimum absolute atomic E-state index is 1.58. The van der Waals surface area contributed by atoms with Crippen molar-refractivity contribution in [3.63, 3.8) is 0 Å². The van der Waals surface area contributed by atoms with Gasteiger partial charge in [-0.3, -0.25) is 9.11 Å². The number of nitrogens with one attached hydrogen (secondary N) is 1. The minimum atomic E-state index is -4.67. The van der Waals surface area contributed by atoms with Crippen LogP contribution in [0.15, 0.2) is 0 Å². The molecule has 0 spiro atoms. The van der Waals surface area contributed by atoms with Crippen LogP contribution in [0.2, 0.25) is 0 Å². The molecule has 48 valence electrons. The highest BCUT2D eigenvalue weighted by molar-refractivity contribution is 7.79. The van der Waals surface area contributed by atoms with E-state index in [1.54, 1.807) is 5.16 Å². The maximum atomic E-state index is 8.74. The topological polar surface area (TPSA) is 98.5 Å². The molecule has 0 bridgehead atoms. The van der Waals surface area contributed by atoms with Crippen LogP contribution in [0.1, 0.15) is 0 Å². The summed E-state index contributed by atoms with van der Waals surface area (Å²) in [6.07, 6.45) is 0. The molecule has 0 aliphatic rings. The van der Waals surface area contributed by atoms with Crippen LogP contribution in [0.5, 0.6) is 0 Å². The molecule has 5 nitrogen and oxygen atoms in total. The molecule has 0 aromatic rings. The molecule has 0 aromatic heterocycles. The molecule has 0 atom stereocenters. The van der Waals surface area contributed by atoms with Crippen LogP contribution in [0.4, 0.5) is 0 Å². The van der Waals surface area contributed by atoms with Crippen LogP contribution < -0.4 is 0 Å². The van der Waals surface area contributed by atoms with Crippen LogP contribution in [0.3, 0.4) is 0 Å². The van der Waals surface area contributed by atoms with E-state index >= 15 is 0 Å². The molecule has 0 saturated carbocycles. The Morgan fingerprint density at radius 3 is 1.50 bits per heavy atom. The van der Waals surface area contributed by atoms with E-state index in [0.29, 0.717) is 0 Å². The highest BCUT2D eigenvalue weighted by Crippen LogP contribution is 1.59. The van der Waals surface area contributed by atoms with Gasteiger partial charge in [-0.1, -0.05) is 0 Å². The molecular formula is CH3NO4S2. The molecule has 0 radical (unpaired) electrons. The van der Waals surface area contributed by atoms with Crippen LogP contribution in [-0.2, 0) is 10.4 Å². The summed E-state index contributed by atoms with van der Waals surface area (Å²) in [5, 5.41) is 7.36. The lowest BCUT2D eigenvalue weighted by Crippen LogP contribution is -1.89. The first-order chi connectivity index (χ1) is 3.41. The second-order valence-electron chi connectivity index (χ2n) is 0.550. The van der Waals surface area contributed by atoms with Crippen molar-refractivity contribution in [3.05, 3.63) is 0 Å². The summed E-state index contributed by atoms with van der Waals surface area (Å²) in [5.41, 5.74) is 0. The largest absolute Gasteiger partial charge is 0.394 e. The Bertz CT molecular complexity index is 154. The summed E-state index contributed by atoms with van der Waals surface area (Å²) in [5.74, 6) is 0. The van der Waals surface area contributed by atoms with Gasteiger partial charge in [0.25, 0.3) is 0 Å². The lowest BCUT2D eigenvalue weighted by Gasteiger charge is -1.68. The van der Waals surface area contributed by atoms with Crippen LogP contribution in [0, 0.1) is 5.41 Å². The van der Waals surface area contributed by atoms with Crippen molar-refractivity contribution in [2.75, 3.05) is 0 Å². The lowest BCUT2D eigenvalue weighted by molar-refractivity contribution is 0.381. The van der Waals surface area contributed by atoms with E-state index in [1.807, 2.05) is 0 Å². The fourth-order valence-electron chi connectivity index (χ4n) is 0. The van der Waals surface area contributed by atoms with E-state index < -0.39 is 10.4 Å². The van der Waals surface area contributed by atoms with Crippen molar-refractivity contribution in [2.24, 2.45) is 0 Å². The zero-order valence-electron chi connectivity index (χ0n) is 3.53. The molecule has 0 aliphatic carbocycles. The SMILES string of the molecule is N=C=S.O=S(=O)(O)O. The highest BCUT2D eigenvalue weighted by atomic mass is 32.3. The summed E-state index contributed by atoms with van der Waals surface area (Å²) in [6, 6.07) is 0. The van der Waals surface area contributed by atoms with Crippen molar-refractivity contribution in [1.29, 1.82) is 5.41 Å². The van der Waals surface area contributed by atoms with Gasteiger partial charge in [0.1, 0.15) is 0 Å². The highest BCUT2D eigenvalue weighted by Gasteiger charge is 1.84. The van der Waals surface area contributed by atoms with Gasteiger partial charge in [-0.2, -0.15) is 8.42 Å². The first-order valence-corrected chi connectivity index (χ1v) is 2.96. The number of isothiocyanates is 1. The molecule has 0 rings (SSSR count). The monoisotopic (exact) mass is 157 g/mol. The van der Waals surface area contributed by atoms with Crippen molar-refractivity contribution in [2.45, 2.75) is 0 Å². The van der Waals surface area contributed by atoms with E-state index in [9.17, 15) is 0 Å². The predicted molar refractivity (Wildman–Crippen MR) is 29.5 cm³/mol. The number of hydrogen-bond acceptors (Lipinski definition) is 4. The maximum absolute atomic E-state index is 8.74. The quantitative estimate of drug-likeness (QED) is 0.261. The Kier molecular flexibility index (Phi) is 6.39. The van der Waals surface area contributed by atoms with Crippen molar-refractivity contribution in [1.82, 2.24) is 0 Å². The van der Waals surface area contributed by atoms with E-state index in [-0.39, 0.29) is 0 Å². The second kappa shape index (κ2) is 4.82. The minimum Gasteiger partial charge on any atom is -0.264 e. The Hall–Kier alpha value is -0.330. The van der Waals surface area contributed by atoms with Gasteiger partial charge in [-0.05, 0) is 12.2 Å². The standard InChI is InChI=1S/CHNS.H2O4S/c2-1-3;1-5(2,3)4/h2H;(H2,1,2,3,4). The average Bonchev–Trinajstić information content (AvgIpc) is 1.27. The third-order valence-corrected chi connectivity index (χ3v) is 0. The molecule has 0 aliphatic heterocycles. The summed E-state index contributed by atoms with van der Waals surface area (Å²) in [7, 11) is -4.67. The molecule has 7 heteroatoms.